The lowest BCUT2D eigenvalue weighted by Gasteiger charge is -2.31. The maximum atomic E-state index is 12.3. The van der Waals surface area contributed by atoms with Crippen LogP contribution in [0.25, 0.3) is 0 Å². The maximum absolute atomic E-state index is 12.3. The summed E-state index contributed by atoms with van der Waals surface area (Å²) >= 11 is 0. The molecule has 1 saturated heterocycles. The Bertz CT molecular complexity index is 579. The van der Waals surface area contributed by atoms with E-state index < -0.39 is 0 Å². The van der Waals surface area contributed by atoms with E-state index in [1.807, 2.05) is 18.7 Å². The van der Waals surface area contributed by atoms with Gasteiger partial charge in [0, 0.05) is 37.2 Å². The van der Waals surface area contributed by atoms with E-state index in [4.69, 9.17) is 0 Å². The number of H-pyrrole nitrogens is 1. The number of aromatic nitrogens is 2. The van der Waals surface area contributed by atoms with E-state index >= 15 is 0 Å². The molecule has 0 aromatic carbocycles. The van der Waals surface area contributed by atoms with Gasteiger partial charge in [-0.1, -0.05) is 0 Å². The number of nitrogens with zero attached hydrogens (tertiary/aromatic N) is 2. The normalized spacial score (nSPS) is 18.7. The van der Waals surface area contributed by atoms with Gasteiger partial charge in [-0.2, -0.15) is 5.10 Å². The van der Waals surface area contributed by atoms with Gasteiger partial charge in [0.1, 0.15) is 0 Å². The molecule has 1 aliphatic heterocycles. The Balaban J connectivity index is 1.35. The van der Waals surface area contributed by atoms with Crippen LogP contribution in [0.2, 0.25) is 0 Å². The first-order valence-corrected chi connectivity index (χ1v) is 9.13. The predicted octanol–water partition coefficient (Wildman–Crippen LogP) is 1.72. The molecular weight excluding hydrogens is 304 g/mol. The molecule has 0 unspecified atom stereocenters. The molecular formula is C18H28N4O2. The Kier molecular flexibility index (Phi) is 5.21. The van der Waals surface area contributed by atoms with Crippen LogP contribution in [0.4, 0.5) is 0 Å². The zero-order chi connectivity index (χ0) is 17.1. The first kappa shape index (κ1) is 17.0. The molecule has 2 amide bonds. The molecule has 2 aliphatic rings. The molecule has 1 aliphatic carbocycles. The molecule has 0 atom stereocenters. The van der Waals surface area contributed by atoms with Gasteiger partial charge in [0.25, 0.3) is 0 Å². The molecule has 2 fully saturated rings. The van der Waals surface area contributed by atoms with Gasteiger partial charge in [-0.05, 0) is 57.9 Å². The van der Waals surface area contributed by atoms with Crippen LogP contribution >= 0.6 is 0 Å². The third-order valence-corrected chi connectivity index (χ3v) is 5.29. The molecule has 24 heavy (non-hydrogen) atoms. The Morgan fingerprint density at radius 2 is 1.88 bits per heavy atom. The van der Waals surface area contributed by atoms with Gasteiger partial charge in [0.15, 0.2) is 0 Å². The average Bonchev–Trinajstić information content (AvgIpc) is 3.39. The highest BCUT2D eigenvalue weighted by Gasteiger charge is 2.35. The summed E-state index contributed by atoms with van der Waals surface area (Å²) in [4.78, 5) is 26.3. The minimum Gasteiger partial charge on any atom is -0.356 e. The van der Waals surface area contributed by atoms with Crippen molar-refractivity contribution in [1.82, 2.24) is 20.4 Å². The van der Waals surface area contributed by atoms with Gasteiger partial charge in [-0.15, -0.1) is 0 Å². The smallest absolute Gasteiger partial charge is 0.225 e. The number of hydrogen-bond donors (Lipinski definition) is 2. The van der Waals surface area contributed by atoms with Crippen molar-refractivity contribution in [1.29, 1.82) is 0 Å². The van der Waals surface area contributed by atoms with Crippen molar-refractivity contribution in [3.05, 3.63) is 17.0 Å². The number of amides is 2. The molecule has 1 aromatic rings. The molecule has 1 saturated carbocycles. The fourth-order valence-electron chi connectivity index (χ4n) is 3.51. The molecule has 2 heterocycles. The summed E-state index contributed by atoms with van der Waals surface area (Å²) in [5.41, 5.74) is 3.43. The van der Waals surface area contributed by atoms with E-state index in [9.17, 15) is 9.59 Å². The first-order chi connectivity index (χ1) is 11.6. The number of rotatable bonds is 6. The molecule has 3 rings (SSSR count). The summed E-state index contributed by atoms with van der Waals surface area (Å²) in [6, 6.07) is 0. The zero-order valence-corrected chi connectivity index (χ0v) is 14.7. The van der Waals surface area contributed by atoms with Gasteiger partial charge < -0.3 is 10.2 Å². The fraction of sp³-hybridized carbons (Fsp3) is 0.722. The fourth-order valence-corrected chi connectivity index (χ4v) is 3.51. The van der Waals surface area contributed by atoms with Crippen LogP contribution in [0.5, 0.6) is 0 Å². The van der Waals surface area contributed by atoms with E-state index in [1.165, 1.54) is 5.56 Å². The van der Waals surface area contributed by atoms with Crippen LogP contribution < -0.4 is 5.32 Å². The molecule has 0 bridgehead atoms. The van der Waals surface area contributed by atoms with Crippen LogP contribution in [0.15, 0.2) is 0 Å². The van der Waals surface area contributed by atoms with Gasteiger partial charge in [-0.25, -0.2) is 0 Å². The second-order valence-corrected chi connectivity index (χ2v) is 7.18. The van der Waals surface area contributed by atoms with Crippen LogP contribution in [0, 0.1) is 25.7 Å². The van der Waals surface area contributed by atoms with Crippen molar-refractivity contribution in [3.63, 3.8) is 0 Å². The van der Waals surface area contributed by atoms with Gasteiger partial charge in [0.2, 0.25) is 11.8 Å². The predicted molar refractivity (Wildman–Crippen MR) is 91.4 cm³/mol. The molecule has 132 valence electrons. The second kappa shape index (κ2) is 7.36. The topological polar surface area (TPSA) is 78.1 Å². The van der Waals surface area contributed by atoms with Gasteiger partial charge in [-0.3, -0.25) is 14.7 Å². The maximum Gasteiger partial charge on any atom is 0.225 e. The number of carbonyl (C=O) groups excluding carboxylic acids is 2. The zero-order valence-electron chi connectivity index (χ0n) is 14.7. The lowest BCUT2D eigenvalue weighted by molar-refractivity contribution is -0.136. The van der Waals surface area contributed by atoms with Crippen LogP contribution in [0.1, 0.15) is 49.1 Å². The summed E-state index contributed by atoms with van der Waals surface area (Å²) in [5.74, 6) is 0.796. The second-order valence-electron chi connectivity index (χ2n) is 7.18. The van der Waals surface area contributed by atoms with E-state index in [-0.39, 0.29) is 17.7 Å². The van der Waals surface area contributed by atoms with E-state index in [1.54, 1.807) is 0 Å². The number of aromatic amines is 1. The molecule has 6 heteroatoms. The lowest BCUT2D eigenvalue weighted by atomic mass is 9.95. The van der Waals surface area contributed by atoms with E-state index in [2.05, 4.69) is 15.5 Å². The van der Waals surface area contributed by atoms with Crippen LogP contribution in [0.3, 0.4) is 0 Å². The lowest BCUT2D eigenvalue weighted by Crippen LogP contribution is -2.43. The quantitative estimate of drug-likeness (QED) is 0.779. The Morgan fingerprint density at radius 1 is 1.17 bits per heavy atom. The summed E-state index contributed by atoms with van der Waals surface area (Å²) in [7, 11) is 0. The Hall–Kier alpha value is -1.85. The SMILES string of the molecule is Cc1n[nH]c(C)c1CCCNC(=O)C1CCN(C(=O)C2CC2)CC1. The van der Waals surface area contributed by atoms with Gasteiger partial charge in [0.05, 0.1) is 5.69 Å². The van der Waals surface area contributed by atoms with Crippen molar-refractivity contribution >= 4 is 11.8 Å². The van der Waals surface area contributed by atoms with Crippen molar-refractivity contribution in [3.8, 4) is 0 Å². The number of nitrogens with one attached hydrogen (secondary N) is 2. The average molecular weight is 332 g/mol. The molecule has 1 aromatic heterocycles. The summed E-state index contributed by atoms with van der Waals surface area (Å²) in [5, 5.41) is 10.3. The highest BCUT2D eigenvalue weighted by atomic mass is 16.2. The standard InChI is InChI=1S/C18H28N4O2/c1-12-16(13(2)21-20-12)4-3-9-19-17(23)14-7-10-22(11-8-14)18(24)15-5-6-15/h14-15H,3-11H2,1-2H3,(H,19,23)(H,20,21). The monoisotopic (exact) mass is 332 g/mol. The number of aryl methyl sites for hydroxylation is 2. The van der Waals surface area contributed by atoms with Crippen LogP contribution in [-0.4, -0.2) is 46.5 Å². The summed E-state index contributed by atoms with van der Waals surface area (Å²) < 4.78 is 0. The number of hydrogen-bond acceptors (Lipinski definition) is 3. The Labute approximate surface area is 143 Å². The van der Waals surface area contributed by atoms with Crippen LogP contribution in [-0.2, 0) is 16.0 Å². The van der Waals surface area contributed by atoms with Crippen molar-refractivity contribution in [2.45, 2.75) is 52.4 Å². The molecule has 2 N–H and O–H groups in total. The number of piperidine rings is 1. The van der Waals surface area contributed by atoms with E-state index in [0.29, 0.717) is 12.5 Å². The minimum absolute atomic E-state index is 0.0608. The Morgan fingerprint density at radius 3 is 2.46 bits per heavy atom. The van der Waals surface area contributed by atoms with Crippen molar-refractivity contribution < 1.29 is 9.59 Å². The number of carbonyl (C=O) groups is 2. The largest absolute Gasteiger partial charge is 0.356 e. The summed E-state index contributed by atoms with van der Waals surface area (Å²) in [6.45, 7) is 6.21. The highest BCUT2D eigenvalue weighted by molar-refractivity contribution is 5.82. The third-order valence-electron chi connectivity index (χ3n) is 5.29. The highest BCUT2D eigenvalue weighted by Crippen LogP contribution is 2.32. The third kappa shape index (κ3) is 3.97. The molecule has 6 nitrogen and oxygen atoms in total. The van der Waals surface area contributed by atoms with E-state index in [0.717, 1.165) is 63.0 Å². The van der Waals surface area contributed by atoms with Crippen molar-refractivity contribution in [2.75, 3.05) is 19.6 Å². The molecule has 0 radical (unpaired) electrons. The first-order valence-electron chi connectivity index (χ1n) is 9.13. The molecule has 0 spiro atoms. The summed E-state index contributed by atoms with van der Waals surface area (Å²) in [6.07, 6.45) is 5.55. The van der Waals surface area contributed by atoms with Gasteiger partial charge >= 0.3 is 0 Å². The number of likely N-dealkylation sites (tertiary alicyclic amines) is 1. The van der Waals surface area contributed by atoms with Crippen molar-refractivity contribution in [2.24, 2.45) is 11.8 Å². The minimum atomic E-state index is 0.0608.